The lowest BCUT2D eigenvalue weighted by molar-refractivity contribution is -0.151. The average Bonchev–Trinajstić information content (AvgIpc) is 2.74. The molecule has 0 amide bonds. The lowest BCUT2D eigenvalue weighted by atomic mass is 9.63. The Morgan fingerprint density at radius 1 is 1.20 bits per heavy atom. The van der Waals surface area contributed by atoms with Crippen molar-refractivity contribution in [1.82, 2.24) is 0 Å². The predicted molar refractivity (Wildman–Crippen MR) is 79.1 cm³/mol. The molecule has 1 aromatic carbocycles. The molecule has 0 saturated heterocycles. The highest BCUT2D eigenvalue weighted by Crippen LogP contribution is 2.56. The van der Waals surface area contributed by atoms with Crippen LogP contribution in [0.25, 0.3) is 0 Å². The molecule has 20 heavy (non-hydrogen) atoms. The standard InChI is InChI=1S/C17H24O3/c1-12-7-8-14(19-4)13(11-12)17(15(18)20-5)10-6-9-16(17,2)3/h7-8,11H,6,9-10H2,1-5H3/t17-/m1/s1. The van der Waals surface area contributed by atoms with Gasteiger partial charge in [-0.15, -0.1) is 0 Å². The fourth-order valence-electron chi connectivity index (χ4n) is 3.66. The molecule has 1 atom stereocenters. The van der Waals surface area contributed by atoms with Crippen LogP contribution in [0.2, 0.25) is 0 Å². The van der Waals surface area contributed by atoms with E-state index in [1.807, 2.05) is 19.1 Å². The van der Waals surface area contributed by atoms with Crippen LogP contribution in [-0.2, 0) is 14.9 Å². The number of rotatable bonds is 3. The second-order valence-corrected chi connectivity index (χ2v) is 6.34. The minimum absolute atomic E-state index is 0.138. The Bertz CT molecular complexity index is 519. The van der Waals surface area contributed by atoms with E-state index in [1.54, 1.807) is 7.11 Å². The number of carbonyl (C=O) groups excluding carboxylic acids is 1. The van der Waals surface area contributed by atoms with Crippen molar-refractivity contribution in [3.8, 4) is 5.75 Å². The van der Waals surface area contributed by atoms with Gasteiger partial charge in [-0.1, -0.05) is 38.0 Å². The van der Waals surface area contributed by atoms with Crippen molar-refractivity contribution in [1.29, 1.82) is 0 Å². The van der Waals surface area contributed by atoms with E-state index < -0.39 is 5.41 Å². The summed E-state index contributed by atoms with van der Waals surface area (Å²) in [4.78, 5) is 12.7. The van der Waals surface area contributed by atoms with Crippen LogP contribution >= 0.6 is 0 Å². The number of hydrogen-bond acceptors (Lipinski definition) is 3. The number of ether oxygens (including phenoxy) is 2. The summed E-state index contributed by atoms with van der Waals surface area (Å²) in [7, 11) is 3.13. The Morgan fingerprint density at radius 2 is 1.90 bits per heavy atom. The van der Waals surface area contributed by atoms with Gasteiger partial charge in [0, 0.05) is 5.56 Å². The highest BCUT2D eigenvalue weighted by atomic mass is 16.5. The minimum atomic E-state index is -0.612. The molecule has 0 aromatic heterocycles. The molecule has 0 unspecified atom stereocenters. The largest absolute Gasteiger partial charge is 0.496 e. The van der Waals surface area contributed by atoms with Crippen LogP contribution in [-0.4, -0.2) is 20.2 Å². The molecule has 0 N–H and O–H groups in total. The summed E-state index contributed by atoms with van der Waals surface area (Å²) in [6, 6.07) is 6.03. The number of benzene rings is 1. The van der Waals surface area contributed by atoms with Crippen molar-refractivity contribution in [2.24, 2.45) is 5.41 Å². The van der Waals surface area contributed by atoms with Crippen molar-refractivity contribution in [3.63, 3.8) is 0 Å². The van der Waals surface area contributed by atoms with Crippen LogP contribution in [0, 0.1) is 12.3 Å². The normalized spacial score (nSPS) is 24.4. The van der Waals surface area contributed by atoms with Gasteiger partial charge in [0.25, 0.3) is 0 Å². The first kappa shape index (κ1) is 14.9. The van der Waals surface area contributed by atoms with E-state index in [1.165, 1.54) is 7.11 Å². The first-order valence-corrected chi connectivity index (χ1v) is 7.12. The summed E-state index contributed by atoms with van der Waals surface area (Å²) in [6.07, 6.45) is 2.85. The zero-order valence-corrected chi connectivity index (χ0v) is 13.1. The van der Waals surface area contributed by atoms with Crippen LogP contribution in [0.4, 0.5) is 0 Å². The molecule has 0 aliphatic heterocycles. The molecule has 3 heteroatoms. The van der Waals surface area contributed by atoms with Gasteiger partial charge in [0.05, 0.1) is 14.2 Å². The number of esters is 1. The molecule has 1 fully saturated rings. The van der Waals surface area contributed by atoms with Gasteiger partial charge in [0.15, 0.2) is 0 Å². The summed E-state index contributed by atoms with van der Waals surface area (Å²) in [5.74, 6) is 0.625. The summed E-state index contributed by atoms with van der Waals surface area (Å²) in [6.45, 7) is 6.34. The maximum Gasteiger partial charge on any atom is 0.316 e. The molecule has 0 bridgehead atoms. The fourth-order valence-corrected chi connectivity index (χ4v) is 3.66. The summed E-state index contributed by atoms with van der Waals surface area (Å²) >= 11 is 0. The Kier molecular flexibility index (Phi) is 3.81. The zero-order chi connectivity index (χ0) is 15.0. The smallest absolute Gasteiger partial charge is 0.316 e. The Balaban J connectivity index is 2.71. The molecule has 2 rings (SSSR count). The van der Waals surface area contributed by atoms with Crippen LogP contribution in [0.1, 0.15) is 44.2 Å². The summed E-state index contributed by atoms with van der Waals surface area (Å²) in [5, 5.41) is 0. The van der Waals surface area contributed by atoms with Gasteiger partial charge < -0.3 is 9.47 Å². The maximum atomic E-state index is 12.7. The van der Waals surface area contributed by atoms with Gasteiger partial charge in [-0.05, 0) is 31.2 Å². The third kappa shape index (κ3) is 2.00. The molecular formula is C17H24O3. The van der Waals surface area contributed by atoms with E-state index in [0.717, 1.165) is 36.1 Å². The highest BCUT2D eigenvalue weighted by Gasteiger charge is 2.57. The third-order valence-electron chi connectivity index (χ3n) is 4.86. The van der Waals surface area contributed by atoms with Gasteiger partial charge in [-0.3, -0.25) is 4.79 Å². The number of hydrogen-bond donors (Lipinski definition) is 0. The van der Waals surface area contributed by atoms with E-state index in [-0.39, 0.29) is 11.4 Å². The van der Waals surface area contributed by atoms with Crippen molar-refractivity contribution in [2.75, 3.05) is 14.2 Å². The molecular weight excluding hydrogens is 252 g/mol. The summed E-state index contributed by atoms with van der Waals surface area (Å²) < 4.78 is 10.7. The van der Waals surface area contributed by atoms with Gasteiger partial charge >= 0.3 is 5.97 Å². The molecule has 0 radical (unpaired) electrons. The molecule has 1 aliphatic carbocycles. The first-order valence-electron chi connectivity index (χ1n) is 7.12. The fraction of sp³-hybridized carbons (Fsp3) is 0.588. The SMILES string of the molecule is COC(=O)[C@]1(c2cc(C)ccc2OC)CCCC1(C)C. The molecule has 0 heterocycles. The number of carbonyl (C=O) groups is 1. The number of methoxy groups -OCH3 is 2. The third-order valence-corrected chi connectivity index (χ3v) is 4.86. The van der Waals surface area contributed by atoms with E-state index in [0.29, 0.717) is 0 Å². The second-order valence-electron chi connectivity index (χ2n) is 6.34. The van der Waals surface area contributed by atoms with Gasteiger partial charge in [-0.2, -0.15) is 0 Å². The van der Waals surface area contributed by atoms with E-state index in [9.17, 15) is 4.79 Å². The molecule has 1 aromatic rings. The molecule has 1 aliphatic rings. The monoisotopic (exact) mass is 276 g/mol. The molecule has 1 saturated carbocycles. The number of aryl methyl sites for hydroxylation is 1. The highest BCUT2D eigenvalue weighted by molar-refractivity contribution is 5.86. The second kappa shape index (κ2) is 5.12. The molecule has 3 nitrogen and oxygen atoms in total. The Hall–Kier alpha value is -1.51. The van der Waals surface area contributed by atoms with Gasteiger partial charge in [0.1, 0.15) is 11.2 Å². The van der Waals surface area contributed by atoms with Crippen molar-refractivity contribution in [3.05, 3.63) is 29.3 Å². The van der Waals surface area contributed by atoms with Crippen molar-refractivity contribution < 1.29 is 14.3 Å². The van der Waals surface area contributed by atoms with Crippen molar-refractivity contribution >= 4 is 5.97 Å². The first-order chi connectivity index (χ1) is 9.39. The van der Waals surface area contributed by atoms with Crippen LogP contribution in [0.5, 0.6) is 5.75 Å². The maximum absolute atomic E-state index is 12.7. The zero-order valence-electron chi connectivity index (χ0n) is 13.1. The van der Waals surface area contributed by atoms with E-state index >= 15 is 0 Å². The Morgan fingerprint density at radius 3 is 2.40 bits per heavy atom. The minimum Gasteiger partial charge on any atom is -0.496 e. The average molecular weight is 276 g/mol. The lowest BCUT2D eigenvalue weighted by Crippen LogP contribution is -2.45. The van der Waals surface area contributed by atoms with E-state index in [2.05, 4.69) is 19.9 Å². The van der Waals surface area contributed by atoms with Crippen LogP contribution < -0.4 is 4.74 Å². The van der Waals surface area contributed by atoms with Crippen molar-refractivity contribution in [2.45, 2.75) is 45.4 Å². The van der Waals surface area contributed by atoms with Gasteiger partial charge in [-0.25, -0.2) is 0 Å². The quantitative estimate of drug-likeness (QED) is 0.791. The van der Waals surface area contributed by atoms with Gasteiger partial charge in [0.2, 0.25) is 0 Å². The lowest BCUT2D eigenvalue weighted by Gasteiger charge is -2.40. The predicted octanol–water partition coefficient (Wildman–Crippen LogP) is 3.62. The van der Waals surface area contributed by atoms with E-state index in [4.69, 9.17) is 9.47 Å². The van der Waals surface area contributed by atoms with Crippen LogP contribution in [0.3, 0.4) is 0 Å². The summed E-state index contributed by atoms with van der Waals surface area (Å²) in [5.41, 5.74) is 1.35. The Labute approximate surface area is 121 Å². The molecule has 0 spiro atoms. The molecule has 110 valence electrons. The van der Waals surface area contributed by atoms with Crippen LogP contribution in [0.15, 0.2) is 18.2 Å². The topological polar surface area (TPSA) is 35.5 Å².